The molecule has 0 unspecified atom stereocenters. The summed E-state index contributed by atoms with van der Waals surface area (Å²) in [5, 5.41) is 0. The second kappa shape index (κ2) is 43.6. The Morgan fingerprint density at radius 3 is 0.286 bits per heavy atom. The molecule has 0 aliphatic rings. The van der Waals surface area contributed by atoms with E-state index in [0.29, 0.717) is 0 Å². The molecule has 0 saturated carbocycles. The minimum absolute atomic E-state index is 0. The molecule has 0 saturated heterocycles. The van der Waals surface area contributed by atoms with Crippen LogP contribution in [0.5, 0.6) is 0 Å². The van der Waals surface area contributed by atoms with Crippen molar-refractivity contribution in [2.75, 3.05) is 0 Å². The van der Waals surface area contributed by atoms with E-state index in [2.05, 4.69) is 0 Å². The summed E-state index contributed by atoms with van der Waals surface area (Å²) >= 11 is 0. The van der Waals surface area contributed by atoms with Crippen molar-refractivity contribution in [3.63, 3.8) is 0 Å². The Morgan fingerprint density at radius 1 is 0.286 bits per heavy atom. The first-order valence-electron chi connectivity index (χ1n) is 0. The third-order valence-electron chi connectivity index (χ3n) is 0. The molecule has 0 atom stereocenters. The van der Waals surface area contributed by atoms with Crippen LogP contribution in [0.4, 0.5) is 0 Å². The molecule has 0 aliphatic heterocycles. The summed E-state index contributed by atoms with van der Waals surface area (Å²) in [4.78, 5) is 0. The maximum atomic E-state index is 0. The zero-order valence-corrected chi connectivity index (χ0v) is 2.35. The van der Waals surface area contributed by atoms with Gasteiger partial charge < -0.3 is 0 Å². The Bertz CT molecular complexity index is 4.14. The molecule has 0 aliphatic carbocycles. The standard InChI is InChI=1S/Dy.6Ga.18H. The van der Waals surface area contributed by atoms with Gasteiger partial charge in [-0.15, -0.1) is 0 Å². The van der Waals surface area contributed by atoms with E-state index in [0.717, 1.165) is 0 Å². The molecule has 7 heavy (non-hydrogen) atoms. The maximum absolute atomic E-state index is 0. The Morgan fingerprint density at radius 2 is 0.286 bits per heavy atom. The quantitative estimate of drug-likeness (QED) is 0.243. The Labute approximate surface area is 153 Å². The van der Waals surface area contributed by atoms with Crippen LogP contribution in [0, 0.1) is 38.2 Å². The van der Waals surface area contributed by atoms with Gasteiger partial charge in [0, 0.05) is 38.2 Å². The summed E-state index contributed by atoms with van der Waals surface area (Å²) in [6, 6.07) is 0. The van der Waals surface area contributed by atoms with Crippen LogP contribution in [-0.4, -0.2) is 119 Å². The van der Waals surface area contributed by atoms with Crippen LogP contribution in [0.15, 0.2) is 0 Å². The fourth-order valence-corrected chi connectivity index (χ4v) is 0. The summed E-state index contributed by atoms with van der Waals surface area (Å²) in [6.07, 6.45) is 0. The Hall–Kier alpha value is 5.09. The van der Waals surface area contributed by atoms with E-state index < -0.39 is 0 Å². The Kier molecular flexibility index (Phi) is 357. The molecular weight excluding hydrogens is 581 g/mol. The second-order valence-electron chi connectivity index (χ2n) is 0. The number of hydrogen-bond donors (Lipinski definition) is 0. The van der Waals surface area contributed by atoms with Gasteiger partial charge in [-0.3, -0.25) is 0 Å². The zero-order valence-electron chi connectivity index (χ0n) is 0.316. The van der Waals surface area contributed by atoms with Gasteiger partial charge in [0.2, 0.25) is 0 Å². The van der Waals surface area contributed by atoms with Gasteiger partial charge in [0.15, 0.2) is 0 Å². The minimum atomic E-state index is 0. The van der Waals surface area contributed by atoms with Crippen LogP contribution >= 0.6 is 0 Å². The molecule has 0 spiro atoms. The van der Waals surface area contributed by atoms with Crippen molar-refractivity contribution in [2.24, 2.45) is 0 Å². The summed E-state index contributed by atoms with van der Waals surface area (Å²) in [7, 11) is 0. The molecule has 0 amide bonds. The molecule has 0 aromatic heterocycles. The first-order chi connectivity index (χ1) is 0. The van der Waals surface area contributed by atoms with Crippen molar-refractivity contribution in [3.8, 4) is 0 Å². The molecule has 0 aromatic carbocycles. The SMILES string of the molecule is [Dy].[GaH3].[GaH3].[GaH3].[GaH3].[GaH3].[GaH3]. The van der Waals surface area contributed by atoms with Crippen LogP contribution in [0.2, 0.25) is 0 Å². The molecule has 0 heterocycles. The summed E-state index contributed by atoms with van der Waals surface area (Å²) in [5.41, 5.74) is 0. The van der Waals surface area contributed by atoms with Gasteiger partial charge in [0.05, 0.1) is 0 Å². The van der Waals surface area contributed by atoms with E-state index in [4.69, 9.17) is 0 Å². The van der Waals surface area contributed by atoms with Crippen LogP contribution in [-0.2, 0) is 0 Å². The van der Waals surface area contributed by atoms with E-state index in [-0.39, 0.29) is 157 Å². The van der Waals surface area contributed by atoms with Gasteiger partial charge in [0.1, 0.15) is 0 Å². The zero-order chi connectivity index (χ0) is 0. The summed E-state index contributed by atoms with van der Waals surface area (Å²) in [6.45, 7) is 0. The van der Waals surface area contributed by atoms with Crippen molar-refractivity contribution in [1.82, 2.24) is 0 Å². The normalized spacial score (nSPS) is 0. The summed E-state index contributed by atoms with van der Waals surface area (Å²) < 4.78 is 0. The molecule has 0 rings (SSSR count). The van der Waals surface area contributed by atoms with Crippen LogP contribution in [0.1, 0.15) is 0 Å². The summed E-state index contributed by atoms with van der Waals surface area (Å²) in [5.74, 6) is 0. The second-order valence-corrected chi connectivity index (χ2v) is 0. The predicted molar refractivity (Wildman–Crippen MR) is 59.6 cm³/mol. The molecule has 0 bridgehead atoms. The van der Waals surface area contributed by atoms with E-state index in [1.165, 1.54) is 0 Å². The molecule has 0 fully saturated rings. The van der Waals surface area contributed by atoms with Gasteiger partial charge in [-0.2, -0.15) is 0 Å². The topological polar surface area (TPSA) is 0 Å². The van der Waals surface area contributed by atoms with Crippen molar-refractivity contribution < 1.29 is 38.2 Å². The molecule has 0 nitrogen and oxygen atoms in total. The predicted octanol–water partition coefficient (Wildman–Crippen LogP) is -7.10. The monoisotopic (exact) mass is 596 g/mol. The van der Waals surface area contributed by atoms with E-state index in [9.17, 15) is 0 Å². The first-order valence-corrected chi connectivity index (χ1v) is 0. The number of rotatable bonds is 0. The van der Waals surface area contributed by atoms with Crippen molar-refractivity contribution in [3.05, 3.63) is 0 Å². The van der Waals surface area contributed by atoms with Crippen molar-refractivity contribution in [2.45, 2.75) is 0 Å². The molecule has 0 aromatic rings. The third kappa shape index (κ3) is 35.4. The van der Waals surface area contributed by atoms with Crippen LogP contribution in [0.25, 0.3) is 0 Å². The average Bonchev–Trinajstić information content (AvgIpc) is 0. The fourth-order valence-electron chi connectivity index (χ4n) is 0. The van der Waals surface area contributed by atoms with Gasteiger partial charge in [0.25, 0.3) is 0 Å². The Balaban J connectivity index is 0. The van der Waals surface area contributed by atoms with Crippen LogP contribution in [0.3, 0.4) is 0 Å². The fraction of sp³-hybridized carbons (Fsp3) is 0. The third-order valence-corrected chi connectivity index (χ3v) is 0. The van der Waals surface area contributed by atoms with Crippen molar-refractivity contribution in [1.29, 1.82) is 0 Å². The number of hydrogen-bond acceptors (Lipinski definition) is 0. The first kappa shape index (κ1) is 57.4. The van der Waals surface area contributed by atoms with Crippen molar-refractivity contribution >= 4 is 119 Å². The molecule has 0 radical (unpaired) electrons. The molecular formula is H18DyGa6. The average molecular weight is 599 g/mol. The van der Waals surface area contributed by atoms with Gasteiger partial charge >= 0.3 is 119 Å². The molecule has 46 valence electrons. The molecule has 7 heteroatoms. The van der Waals surface area contributed by atoms with Gasteiger partial charge in [-0.1, -0.05) is 0 Å². The molecule has 0 N–H and O–H groups in total. The van der Waals surface area contributed by atoms with E-state index in [1.54, 1.807) is 0 Å². The van der Waals surface area contributed by atoms with Gasteiger partial charge in [-0.05, 0) is 0 Å². The van der Waals surface area contributed by atoms with Crippen LogP contribution < -0.4 is 0 Å². The van der Waals surface area contributed by atoms with Gasteiger partial charge in [-0.25, -0.2) is 0 Å². The van der Waals surface area contributed by atoms with E-state index in [1.807, 2.05) is 0 Å². The van der Waals surface area contributed by atoms with E-state index >= 15 is 0 Å².